The molecule has 1 fully saturated rings. The minimum absolute atomic E-state index is 0.160. The predicted octanol–water partition coefficient (Wildman–Crippen LogP) is 1.35. The molecule has 1 heterocycles. The molecular formula is C12H16N2O3S. The van der Waals surface area contributed by atoms with E-state index >= 15 is 0 Å². The summed E-state index contributed by atoms with van der Waals surface area (Å²) in [7, 11) is 0. The zero-order chi connectivity index (χ0) is 13.2. The highest BCUT2D eigenvalue weighted by Crippen LogP contribution is 2.30. The van der Waals surface area contributed by atoms with Crippen molar-refractivity contribution in [3.05, 3.63) is 17.0 Å². The van der Waals surface area contributed by atoms with Crippen LogP contribution in [0.15, 0.2) is 12.1 Å². The van der Waals surface area contributed by atoms with Gasteiger partial charge in [-0.1, -0.05) is 0 Å². The number of carbonyl (C=O) groups excluding carboxylic acids is 2. The van der Waals surface area contributed by atoms with Crippen LogP contribution in [-0.4, -0.2) is 29.1 Å². The third-order valence-electron chi connectivity index (χ3n) is 2.99. The molecule has 3 N–H and O–H groups in total. The van der Waals surface area contributed by atoms with E-state index in [4.69, 9.17) is 0 Å². The molecule has 0 aliphatic heterocycles. The zero-order valence-electron chi connectivity index (χ0n) is 10.2. The van der Waals surface area contributed by atoms with Gasteiger partial charge in [-0.25, -0.2) is 0 Å². The lowest BCUT2D eigenvalue weighted by atomic mass is 9.80. The average molecular weight is 268 g/mol. The monoisotopic (exact) mass is 268 g/mol. The van der Waals surface area contributed by atoms with Crippen molar-refractivity contribution in [2.75, 3.05) is 11.9 Å². The number of anilines is 1. The Hall–Kier alpha value is -1.40. The molecule has 0 atom stereocenters. The predicted molar refractivity (Wildman–Crippen MR) is 69.8 cm³/mol. The van der Waals surface area contributed by atoms with E-state index in [1.807, 2.05) is 0 Å². The molecule has 1 aliphatic rings. The normalized spacial score (nSPS) is 16.8. The maximum absolute atomic E-state index is 11.8. The molecule has 0 aromatic carbocycles. The number of thiophene rings is 1. The lowest BCUT2D eigenvalue weighted by Gasteiger charge is -2.36. The van der Waals surface area contributed by atoms with Crippen LogP contribution in [0.2, 0.25) is 0 Å². The average Bonchev–Trinajstić information content (AvgIpc) is 2.70. The fourth-order valence-electron chi connectivity index (χ4n) is 1.79. The first-order valence-electron chi connectivity index (χ1n) is 5.87. The number of nitrogens with one attached hydrogen (secondary N) is 2. The van der Waals surface area contributed by atoms with E-state index in [1.54, 1.807) is 12.1 Å². The highest BCUT2D eigenvalue weighted by atomic mass is 32.1. The van der Waals surface area contributed by atoms with E-state index in [2.05, 4.69) is 10.6 Å². The fraction of sp³-hybridized carbons (Fsp3) is 0.500. The number of carbonyl (C=O) groups is 2. The Morgan fingerprint density at radius 3 is 2.72 bits per heavy atom. The Kier molecular flexibility index (Phi) is 3.68. The zero-order valence-corrected chi connectivity index (χ0v) is 11.0. The van der Waals surface area contributed by atoms with Crippen molar-refractivity contribution in [2.45, 2.75) is 31.8 Å². The second-order valence-corrected chi connectivity index (χ2v) is 5.69. The van der Waals surface area contributed by atoms with Crippen molar-refractivity contribution in [1.29, 1.82) is 0 Å². The Morgan fingerprint density at radius 1 is 1.44 bits per heavy atom. The van der Waals surface area contributed by atoms with Gasteiger partial charge in [0, 0.05) is 13.5 Å². The molecule has 0 unspecified atom stereocenters. The van der Waals surface area contributed by atoms with Gasteiger partial charge in [0.1, 0.15) is 0 Å². The molecule has 0 saturated heterocycles. The van der Waals surface area contributed by atoms with Crippen LogP contribution >= 0.6 is 11.3 Å². The quantitative estimate of drug-likeness (QED) is 0.771. The highest BCUT2D eigenvalue weighted by Gasteiger charge is 2.34. The molecule has 1 aromatic heterocycles. The molecule has 18 heavy (non-hydrogen) atoms. The van der Waals surface area contributed by atoms with Gasteiger partial charge in [-0.15, -0.1) is 11.3 Å². The molecule has 0 radical (unpaired) electrons. The Morgan fingerprint density at radius 2 is 2.17 bits per heavy atom. The molecule has 2 rings (SSSR count). The molecule has 0 bridgehead atoms. The van der Waals surface area contributed by atoms with Crippen molar-refractivity contribution in [3.8, 4) is 0 Å². The van der Waals surface area contributed by atoms with Crippen LogP contribution in [0, 0.1) is 0 Å². The lowest BCUT2D eigenvalue weighted by molar-refractivity contribution is -0.114. The minimum Gasteiger partial charge on any atom is -0.388 e. The van der Waals surface area contributed by atoms with Crippen LogP contribution in [0.1, 0.15) is 35.9 Å². The van der Waals surface area contributed by atoms with Gasteiger partial charge in [0.15, 0.2) is 0 Å². The first-order chi connectivity index (χ1) is 8.48. The summed E-state index contributed by atoms with van der Waals surface area (Å²) in [6.07, 6.45) is 2.50. The maximum atomic E-state index is 11.8. The number of aliphatic hydroxyl groups is 1. The Balaban J connectivity index is 1.88. The summed E-state index contributed by atoms with van der Waals surface area (Å²) >= 11 is 1.22. The minimum atomic E-state index is -0.715. The smallest absolute Gasteiger partial charge is 0.261 e. The molecule has 1 aliphatic carbocycles. The molecule has 1 aromatic rings. The lowest BCUT2D eigenvalue weighted by Crippen LogP contribution is -2.47. The van der Waals surface area contributed by atoms with Crippen LogP contribution in [0.5, 0.6) is 0 Å². The maximum Gasteiger partial charge on any atom is 0.261 e. The molecule has 5 nitrogen and oxygen atoms in total. The second kappa shape index (κ2) is 5.07. The van der Waals surface area contributed by atoms with Crippen molar-refractivity contribution in [3.63, 3.8) is 0 Å². The first kappa shape index (κ1) is 13.0. The van der Waals surface area contributed by atoms with Crippen LogP contribution in [0.25, 0.3) is 0 Å². The largest absolute Gasteiger partial charge is 0.388 e. The van der Waals surface area contributed by atoms with Crippen molar-refractivity contribution >= 4 is 28.2 Å². The van der Waals surface area contributed by atoms with Gasteiger partial charge in [-0.3, -0.25) is 9.59 Å². The summed E-state index contributed by atoms with van der Waals surface area (Å²) < 4.78 is 0. The van der Waals surface area contributed by atoms with E-state index in [-0.39, 0.29) is 11.8 Å². The highest BCUT2D eigenvalue weighted by molar-refractivity contribution is 7.18. The summed E-state index contributed by atoms with van der Waals surface area (Å²) in [5.41, 5.74) is -0.715. The molecule has 2 amide bonds. The van der Waals surface area contributed by atoms with E-state index < -0.39 is 5.60 Å². The molecule has 6 heteroatoms. The first-order valence-corrected chi connectivity index (χ1v) is 6.68. The summed E-state index contributed by atoms with van der Waals surface area (Å²) in [4.78, 5) is 23.2. The number of hydrogen-bond acceptors (Lipinski definition) is 4. The summed E-state index contributed by atoms with van der Waals surface area (Å²) in [5, 5.41) is 15.9. The van der Waals surface area contributed by atoms with Crippen molar-refractivity contribution in [1.82, 2.24) is 5.32 Å². The number of hydrogen-bond donors (Lipinski definition) is 3. The SMILES string of the molecule is CC(=O)Nc1ccc(C(=O)NCC2(O)CCC2)s1. The van der Waals surface area contributed by atoms with Gasteiger partial charge in [0.2, 0.25) is 5.91 Å². The fourth-order valence-corrected chi connectivity index (χ4v) is 2.66. The van der Waals surface area contributed by atoms with E-state index in [9.17, 15) is 14.7 Å². The number of rotatable bonds is 4. The molecule has 1 saturated carbocycles. The standard InChI is InChI=1S/C12H16N2O3S/c1-8(15)14-10-4-3-9(18-10)11(16)13-7-12(17)5-2-6-12/h3-4,17H,2,5-7H2,1H3,(H,13,16)(H,14,15). The Labute approximate surface area is 109 Å². The topological polar surface area (TPSA) is 78.4 Å². The van der Waals surface area contributed by atoms with Crippen molar-refractivity contribution in [2.24, 2.45) is 0 Å². The van der Waals surface area contributed by atoms with E-state index in [0.717, 1.165) is 19.3 Å². The Bertz CT molecular complexity index is 466. The third kappa shape index (κ3) is 3.08. The van der Waals surface area contributed by atoms with Crippen LogP contribution in [0.4, 0.5) is 5.00 Å². The van der Waals surface area contributed by atoms with Gasteiger partial charge in [0.25, 0.3) is 5.91 Å². The molecule has 0 spiro atoms. The van der Waals surface area contributed by atoms with E-state index in [1.165, 1.54) is 18.3 Å². The van der Waals surface area contributed by atoms with Gasteiger partial charge in [-0.05, 0) is 31.4 Å². The summed E-state index contributed by atoms with van der Waals surface area (Å²) in [6, 6.07) is 3.36. The summed E-state index contributed by atoms with van der Waals surface area (Å²) in [6.45, 7) is 1.71. The van der Waals surface area contributed by atoms with Gasteiger partial charge in [-0.2, -0.15) is 0 Å². The van der Waals surface area contributed by atoms with Crippen LogP contribution < -0.4 is 10.6 Å². The molecule has 98 valence electrons. The summed E-state index contributed by atoms with van der Waals surface area (Å²) in [5.74, 6) is -0.371. The van der Waals surface area contributed by atoms with Gasteiger partial charge < -0.3 is 15.7 Å². The van der Waals surface area contributed by atoms with Crippen LogP contribution in [-0.2, 0) is 4.79 Å². The molecular weight excluding hydrogens is 252 g/mol. The third-order valence-corrected chi connectivity index (χ3v) is 3.99. The van der Waals surface area contributed by atoms with Gasteiger partial charge >= 0.3 is 0 Å². The number of amides is 2. The second-order valence-electron chi connectivity index (χ2n) is 4.61. The van der Waals surface area contributed by atoms with Gasteiger partial charge in [0.05, 0.1) is 15.5 Å². The van der Waals surface area contributed by atoms with E-state index in [0.29, 0.717) is 16.4 Å². The van der Waals surface area contributed by atoms with Crippen LogP contribution in [0.3, 0.4) is 0 Å². The van der Waals surface area contributed by atoms with Crippen molar-refractivity contribution < 1.29 is 14.7 Å².